The maximum atomic E-state index is 6.99. The molecule has 0 spiro atoms. The van der Waals surface area contributed by atoms with Crippen LogP contribution in [0, 0.1) is 0 Å². The molecule has 9 aromatic carbocycles. The zero-order valence-electron chi connectivity index (χ0n) is 33.9. The summed E-state index contributed by atoms with van der Waals surface area (Å²) in [7, 11) is 0. The summed E-state index contributed by atoms with van der Waals surface area (Å²) in [4.78, 5) is 15.6. The van der Waals surface area contributed by atoms with Gasteiger partial charge in [-0.05, 0) is 71.8 Å². The molecule has 0 aliphatic heterocycles. The lowest BCUT2D eigenvalue weighted by molar-refractivity contribution is 0.666. The third kappa shape index (κ3) is 5.55. The molecule has 4 heterocycles. The number of rotatable bonds is 6. The van der Waals surface area contributed by atoms with Gasteiger partial charge in [0.25, 0.3) is 0 Å². The highest BCUT2D eigenvalue weighted by Gasteiger charge is 2.24. The Kier molecular flexibility index (Phi) is 7.80. The number of benzene rings is 9. The van der Waals surface area contributed by atoms with E-state index < -0.39 is 0 Å². The van der Waals surface area contributed by atoms with Crippen LogP contribution in [0.3, 0.4) is 0 Å². The van der Waals surface area contributed by atoms with Crippen molar-refractivity contribution in [2.24, 2.45) is 0 Å². The van der Waals surface area contributed by atoms with Crippen LogP contribution in [0.15, 0.2) is 217 Å². The van der Waals surface area contributed by atoms with E-state index in [0.29, 0.717) is 17.5 Å². The van der Waals surface area contributed by atoms with Gasteiger partial charge in [0.15, 0.2) is 23.1 Å². The quantitative estimate of drug-likeness (QED) is 0.168. The number of fused-ring (bicyclic) bond motifs is 9. The Bertz CT molecular complexity index is 3900. The van der Waals surface area contributed by atoms with E-state index in [1.165, 1.54) is 27.1 Å². The molecular formula is C57H35N5O. The van der Waals surface area contributed by atoms with Crippen molar-refractivity contribution in [3.05, 3.63) is 212 Å². The second-order valence-electron chi connectivity index (χ2n) is 16.0. The van der Waals surface area contributed by atoms with Crippen LogP contribution in [-0.4, -0.2) is 24.1 Å². The average molecular weight is 806 g/mol. The smallest absolute Gasteiger partial charge is 0.164 e. The fraction of sp³-hybridized carbons (Fsp3) is 0. The van der Waals surface area contributed by atoms with Crippen molar-refractivity contribution in [3.8, 4) is 56.7 Å². The molecule has 0 N–H and O–H groups in total. The average Bonchev–Trinajstić information content (AvgIpc) is 4.02. The first-order chi connectivity index (χ1) is 31.2. The molecule has 63 heavy (non-hydrogen) atoms. The van der Waals surface area contributed by atoms with Gasteiger partial charge in [-0.1, -0.05) is 152 Å². The van der Waals surface area contributed by atoms with Gasteiger partial charge in [-0.2, -0.15) is 0 Å². The lowest BCUT2D eigenvalue weighted by Gasteiger charge is -2.13. The molecule has 0 aliphatic carbocycles. The number of para-hydroxylation sites is 4. The van der Waals surface area contributed by atoms with Crippen molar-refractivity contribution in [3.63, 3.8) is 0 Å². The highest BCUT2D eigenvalue weighted by atomic mass is 16.3. The summed E-state index contributed by atoms with van der Waals surface area (Å²) in [6.07, 6.45) is 0. The highest BCUT2D eigenvalue weighted by Crippen LogP contribution is 2.44. The Balaban J connectivity index is 1.09. The predicted octanol–water partition coefficient (Wildman–Crippen LogP) is 14.6. The van der Waals surface area contributed by atoms with Crippen molar-refractivity contribution in [1.29, 1.82) is 0 Å². The van der Waals surface area contributed by atoms with Crippen LogP contribution in [0.4, 0.5) is 0 Å². The van der Waals surface area contributed by atoms with Crippen LogP contribution < -0.4 is 0 Å². The van der Waals surface area contributed by atoms with Crippen LogP contribution in [0.1, 0.15) is 0 Å². The number of hydrogen-bond donors (Lipinski definition) is 0. The third-order valence-electron chi connectivity index (χ3n) is 12.4. The molecule has 0 atom stereocenters. The highest BCUT2D eigenvalue weighted by molar-refractivity contribution is 6.21. The Labute approximate surface area is 361 Å². The van der Waals surface area contributed by atoms with E-state index in [-0.39, 0.29) is 0 Å². The molecule has 0 saturated carbocycles. The Morgan fingerprint density at radius 2 is 0.873 bits per heavy atom. The number of nitrogens with zero attached hydrogens (tertiary/aromatic N) is 5. The molecular weight excluding hydrogens is 771 g/mol. The predicted molar refractivity (Wildman–Crippen MR) is 258 cm³/mol. The second kappa shape index (κ2) is 14.0. The van der Waals surface area contributed by atoms with E-state index in [1.807, 2.05) is 48.5 Å². The first-order valence-corrected chi connectivity index (χ1v) is 21.2. The zero-order valence-corrected chi connectivity index (χ0v) is 33.9. The minimum atomic E-state index is 0.573. The lowest BCUT2D eigenvalue weighted by atomic mass is 10.0. The summed E-state index contributed by atoms with van der Waals surface area (Å²) in [5.74, 6) is 1.77. The monoisotopic (exact) mass is 805 g/mol. The standard InChI is InChI=1S/C57H35N5O/c1-4-17-36(18-5-1)38-21-16-22-39(33-38)56-58-55(37-19-6-2-7-20-37)59-57(60-56)44-31-32-49(54-53(44)43-27-12-15-30-52(43)63-54)62-48-29-14-11-26-42(48)46-34-45-41-25-10-13-28-47(41)61(50(45)35-51(46)62)40-23-8-3-9-24-40/h1-35H. The SMILES string of the molecule is c1ccc(-c2cccc(-c3nc(-c4ccccc4)nc(-c4ccc(-n5c6ccccc6c6cc7c8ccccc8n(-c8ccccc8)c7cc65)c5oc6ccccc6c45)n3)c2)cc1. The summed E-state index contributed by atoms with van der Waals surface area (Å²) in [6.45, 7) is 0. The first kappa shape index (κ1) is 35.2. The summed E-state index contributed by atoms with van der Waals surface area (Å²) < 4.78 is 11.7. The fourth-order valence-electron chi connectivity index (χ4n) is 9.53. The lowest BCUT2D eigenvalue weighted by Crippen LogP contribution is -2.01. The van der Waals surface area contributed by atoms with Crippen LogP contribution in [0.2, 0.25) is 0 Å². The van der Waals surface area contributed by atoms with Gasteiger partial charge in [0.2, 0.25) is 0 Å². The molecule has 6 nitrogen and oxygen atoms in total. The molecule has 0 amide bonds. The molecule has 0 unspecified atom stereocenters. The van der Waals surface area contributed by atoms with E-state index in [4.69, 9.17) is 19.4 Å². The summed E-state index contributed by atoms with van der Waals surface area (Å²) in [5.41, 5.74) is 13.0. The van der Waals surface area contributed by atoms with Crippen molar-refractivity contribution in [2.45, 2.75) is 0 Å². The molecule has 0 radical (unpaired) electrons. The number of hydrogen-bond acceptors (Lipinski definition) is 4. The molecule has 294 valence electrons. The molecule has 0 fully saturated rings. The minimum Gasteiger partial charge on any atom is -0.454 e. The van der Waals surface area contributed by atoms with Crippen LogP contribution in [0.5, 0.6) is 0 Å². The largest absolute Gasteiger partial charge is 0.454 e. The summed E-state index contributed by atoms with van der Waals surface area (Å²) in [6, 6.07) is 74.3. The molecule has 0 saturated heterocycles. The zero-order chi connectivity index (χ0) is 41.4. The van der Waals surface area contributed by atoms with Crippen LogP contribution >= 0.6 is 0 Å². The third-order valence-corrected chi connectivity index (χ3v) is 12.4. The van der Waals surface area contributed by atoms with E-state index >= 15 is 0 Å². The van der Waals surface area contributed by atoms with Crippen molar-refractivity contribution in [2.75, 3.05) is 0 Å². The Morgan fingerprint density at radius 3 is 1.60 bits per heavy atom. The molecule has 4 aromatic heterocycles. The topological polar surface area (TPSA) is 61.7 Å². The summed E-state index contributed by atoms with van der Waals surface area (Å²) >= 11 is 0. The normalized spacial score (nSPS) is 11.8. The van der Waals surface area contributed by atoms with Crippen molar-refractivity contribution >= 4 is 65.6 Å². The Morgan fingerprint density at radius 1 is 0.333 bits per heavy atom. The van der Waals surface area contributed by atoms with E-state index in [2.05, 4.69) is 173 Å². The van der Waals surface area contributed by atoms with E-state index in [9.17, 15) is 0 Å². The Hall–Kier alpha value is -8.61. The molecule has 0 bridgehead atoms. The van der Waals surface area contributed by atoms with E-state index in [1.54, 1.807) is 0 Å². The van der Waals surface area contributed by atoms with Gasteiger partial charge in [-0.25, -0.2) is 15.0 Å². The van der Waals surface area contributed by atoms with Gasteiger partial charge >= 0.3 is 0 Å². The number of furan rings is 1. The van der Waals surface area contributed by atoms with E-state index in [0.717, 1.165) is 77.7 Å². The van der Waals surface area contributed by atoms with Gasteiger partial charge < -0.3 is 13.6 Å². The van der Waals surface area contributed by atoms with Crippen molar-refractivity contribution < 1.29 is 4.42 Å². The molecule has 0 aliphatic rings. The fourth-order valence-corrected chi connectivity index (χ4v) is 9.53. The summed E-state index contributed by atoms with van der Waals surface area (Å²) in [5, 5.41) is 6.72. The van der Waals surface area contributed by atoms with Gasteiger partial charge in [-0.15, -0.1) is 0 Å². The van der Waals surface area contributed by atoms with Crippen LogP contribution in [-0.2, 0) is 0 Å². The molecule has 13 rings (SSSR count). The molecule has 6 heteroatoms. The van der Waals surface area contributed by atoms with Gasteiger partial charge in [0, 0.05) is 54.7 Å². The first-order valence-electron chi connectivity index (χ1n) is 21.2. The van der Waals surface area contributed by atoms with Gasteiger partial charge in [0.1, 0.15) is 5.58 Å². The second-order valence-corrected chi connectivity index (χ2v) is 16.0. The van der Waals surface area contributed by atoms with Crippen molar-refractivity contribution in [1.82, 2.24) is 24.1 Å². The maximum Gasteiger partial charge on any atom is 0.164 e. The van der Waals surface area contributed by atoms with Gasteiger partial charge in [0.05, 0.1) is 27.8 Å². The van der Waals surface area contributed by atoms with Crippen LogP contribution in [0.25, 0.3) is 122 Å². The maximum absolute atomic E-state index is 6.99. The number of aromatic nitrogens is 5. The van der Waals surface area contributed by atoms with Gasteiger partial charge in [-0.3, -0.25) is 0 Å². The minimum absolute atomic E-state index is 0.573. The molecule has 13 aromatic rings.